The van der Waals surface area contributed by atoms with Gasteiger partial charge < -0.3 is 6.53 Å². The number of hydrogen-bond acceptors (Lipinski definition) is 1. The normalized spacial score (nSPS) is 11.9. The first kappa shape index (κ1) is 32.3. The van der Waals surface area contributed by atoms with Crippen molar-refractivity contribution in [2.45, 2.75) is 119 Å². The first-order chi connectivity index (χ1) is 17.3. The fraction of sp³-hybridized carbons (Fsp3) is 0.500. The van der Waals surface area contributed by atoms with Gasteiger partial charge in [0, 0.05) is 11.1 Å². The fourth-order valence-corrected chi connectivity index (χ4v) is 5.48. The van der Waals surface area contributed by atoms with Gasteiger partial charge >= 0.3 is 18.9 Å². The third kappa shape index (κ3) is 6.43. The molecule has 0 radical (unpaired) electrons. The molecule has 0 atom stereocenters. The van der Waals surface area contributed by atoms with E-state index in [2.05, 4.69) is 126 Å². The Morgan fingerprint density at radius 2 is 0.737 bits per heavy atom. The van der Waals surface area contributed by atoms with Gasteiger partial charge in [-0.05, 0) is 80.0 Å². The van der Waals surface area contributed by atoms with Crippen molar-refractivity contribution in [3.63, 3.8) is 0 Å². The van der Waals surface area contributed by atoms with Gasteiger partial charge in [-0.2, -0.15) is 0 Å². The topological polar surface area (TPSA) is 20.2 Å². The van der Waals surface area contributed by atoms with E-state index in [1.165, 1.54) is 44.5 Å². The van der Waals surface area contributed by atoms with Crippen LogP contribution >= 0.6 is 0 Å². The third-order valence-electron chi connectivity index (χ3n) is 7.84. The van der Waals surface area contributed by atoms with Crippen molar-refractivity contribution in [2.24, 2.45) is 0 Å². The van der Waals surface area contributed by atoms with Gasteiger partial charge in [0.25, 0.3) is 0 Å². The summed E-state index contributed by atoms with van der Waals surface area (Å²) in [5, 5.41) is 12.1. The Morgan fingerprint density at radius 3 is 0.947 bits per heavy atom. The second kappa shape index (κ2) is 12.9. The van der Waals surface area contributed by atoms with Crippen molar-refractivity contribution in [3.8, 4) is 28.0 Å². The zero-order valence-corrected chi connectivity index (χ0v) is 26.5. The average Bonchev–Trinajstić information content (AvgIpc) is 2.82. The maximum atomic E-state index is 12.1. The fourth-order valence-electron chi connectivity index (χ4n) is 5.48. The molecule has 0 amide bonds. The summed E-state index contributed by atoms with van der Waals surface area (Å²) in [5.41, 5.74) is 12.4. The third-order valence-corrected chi connectivity index (χ3v) is 7.84. The molecule has 202 valence electrons. The van der Waals surface area contributed by atoms with Gasteiger partial charge in [0.15, 0.2) is 0 Å². The van der Waals surface area contributed by atoms with E-state index in [-0.39, 0.29) is 20.3 Å². The molecule has 38 heavy (non-hydrogen) atoms. The molecule has 3 rings (SSSR count). The van der Waals surface area contributed by atoms with Crippen molar-refractivity contribution in [1.29, 1.82) is 0 Å². The summed E-state index contributed by atoms with van der Waals surface area (Å²) in [4.78, 5) is 0. The van der Waals surface area contributed by atoms with Crippen LogP contribution in [0.4, 0.5) is 0 Å². The Hall–Kier alpha value is -1.94. The van der Waals surface area contributed by atoms with E-state index in [0.29, 0.717) is 41.3 Å². The van der Waals surface area contributed by atoms with Crippen LogP contribution in [0, 0.1) is 0 Å². The predicted octanol–water partition coefficient (Wildman–Crippen LogP) is 8.58. The molecular weight excluding hydrogens is 455 g/mol. The van der Waals surface area contributed by atoms with Gasteiger partial charge in [0.1, 0.15) is 5.75 Å². The van der Waals surface area contributed by atoms with E-state index in [1.807, 2.05) is 0 Å². The van der Waals surface area contributed by atoms with Gasteiger partial charge in [-0.15, -0.1) is 0 Å². The molecule has 1 N–H and O–H groups in total. The molecule has 1 nitrogen and oxygen atoms in total. The summed E-state index contributed by atoms with van der Waals surface area (Å²) in [6.07, 6.45) is 0. The molecule has 3 aromatic rings. The molecule has 0 saturated heterocycles. The smallest absolute Gasteiger partial charge is 1.00 e. The van der Waals surface area contributed by atoms with Crippen LogP contribution in [0.5, 0.6) is 5.75 Å². The SMILES string of the molecule is CC(C)c1cc(C(C)C)c(-c2cccc(-c3c(C(C)C)cc(C(C)C)cc3C(C)C)c2O)c(C(C)C)c1.[H-].[Li+]. The zero-order valence-electron chi connectivity index (χ0n) is 27.5. The van der Waals surface area contributed by atoms with Crippen molar-refractivity contribution in [1.82, 2.24) is 0 Å². The average molecular weight is 507 g/mol. The maximum absolute atomic E-state index is 12.1. The van der Waals surface area contributed by atoms with Crippen LogP contribution in [0.15, 0.2) is 42.5 Å². The maximum Gasteiger partial charge on any atom is 1.00 e. The van der Waals surface area contributed by atoms with E-state index < -0.39 is 0 Å². The number of aromatic hydroxyl groups is 1. The van der Waals surface area contributed by atoms with Crippen molar-refractivity contribution >= 4 is 0 Å². The Bertz CT molecular complexity index is 1100. The summed E-state index contributed by atoms with van der Waals surface area (Å²) >= 11 is 0. The predicted molar refractivity (Wildman–Crippen MR) is 165 cm³/mol. The van der Waals surface area contributed by atoms with Crippen LogP contribution in [0.25, 0.3) is 22.3 Å². The van der Waals surface area contributed by atoms with Crippen LogP contribution in [-0.4, -0.2) is 5.11 Å². The Labute approximate surface area is 247 Å². The zero-order chi connectivity index (χ0) is 27.8. The molecule has 0 unspecified atom stereocenters. The standard InChI is InChI=1S/C36H50O.Li.H/c1-20(2)26-16-30(22(5)6)34(31(17-26)23(7)8)28-14-13-15-29(36(28)37)35-32(24(9)10)18-27(21(3)4)19-33(35)25(11)12;;/h13-25,37H,1-12H3;;/q;+1;-1. The summed E-state index contributed by atoms with van der Waals surface area (Å²) in [5.74, 6) is 2.77. The minimum atomic E-state index is 0. The van der Waals surface area contributed by atoms with Crippen LogP contribution in [0.1, 0.15) is 153 Å². The van der Waals surface area contributed by atoms with E-state index in [4.69, 9.17) is 0 Å². The van der Waals surface area contributed by atoms with E-state index >= 15 is 0 Å². The number of phenols is 1. The number of hydrogen-bond donors (Lipinski definition) is 1. The van der Waals surface area contributed by atoms with Crippen LogP contribution in [0.2, 0.25) is 0 Å². The van der Waals surface area contributed by atoms with E-state index in [0.717, 1.165) is 11.1 Å². The Balaban J connectivity index is 0.00000380. The largest absolute Gasteiger partial charge is 1.00 e. The second-order valence-electron chi connectivity index (χ2n) is 12.8. The Kier molecular flexibility index (Phi) is 11.0. The number of rotatable bonds is 8. The molecule has 0 fully saturated rings. The molecule has 0 aliphatic carbocycles. The second-order valence-corrected chi connectivity index (χ2v) is 12.8. The number of para-hydroxylation sites is 1. The molecular formula is C36H51LiO. The molecule has 3 aromatic carbocycles. The summed E-state index contributed by atoms with van der Waals surface area (Å²) < 4.78 is 0. The van der Waals surface area contributed by atoms with Gasteiger partial charge in [-0.1, -0.05) is 126 Å². The van der Waals surface area contributed by atoms with Crippen LogP contribution in [-0.2, 0) is 0 Å². The molecule has 0 heterocycles. The molecule has 0 aliphatic heterocycles. The molecule has 0 aliphatic rings. The molecule has 0 spiro atoms. The van der Waals surface area contributed by atoms with Crippen LogP contribution in [0.3, 0.4) is 0 Å². The van der Waals surface area contributed by atoms with Crippen molar-refractivity contribution in [3.05, 3.63) is 75.8 Å². The first-order valence-corrected chi connectivity index (χ1v) is 14.4. The molecule has 0 bridgehead atoms. The van der Waals surface area contributed by atoms with E-state index in [9.17, 15) is 5.11 Å². The quantitative estimate of drug-likeness (QED) is 0.303. The van der Waals surface area contributed by atoms with E-state index in [1.54, 1.807) is 0 Å². The van der Waals surface area contributed by atoms with Gasteiger partial charge in [0.2, 0.25) is 0 Å². The summed E-state index contributed by atoms with van der Waals surface area (Å²) in [7, 11) is 0. The summed E-state index contributed by atoms with van der Waals surface area (Å²) in [6, 6.07) is 15.9. The minimum Gasteiger partial charge on any atom is -1.00 e. The van der Waals surface area contributed by atoms with Crippen molar-refractivity contribution < 1.29 is 25.4 Å². The van der Waals surface area contributed by atoms with Crippen molar-refractivity contribution in [2.75, 3.05) is 0 Å². The van der Waals surface area contributed by atoms with Gasteiger partial charge in [-0.3, -0.25) is 0 Å². The molecule has 0 aromatic heterocycles. The van der Waals surface area contributed by atoms with Crippen LogP contribution < -0.4 is 18.9 Å². The monoisotopic (exact) mass is 506 g/mol. The number of benzene rings is 3. The van der Waals surface area contributed by atoms with Gasteiger partial charge in [0.05, 0.1) is 0 Å². The molecule has 0 saturated carbocycles. The minimum absolute atomic E-state index is 0. The Morgan fingerprint density at radius 1 is 0.474 bits per heavy atom. The summed E-state index contributed by atoms with van der Waals surface area (Å²) in [6.45, 7) is 27.2. The number of phenolic OH excluding ortho intramolecular Hbond substituents is 1. The van der Waals surface area contributed by atoms with Gasteiger partial charge in [-0.25, -0.2) is 0 Å². The first-order valence-electron chi connectivity index (χ1n) is 14.4. The molecule has 2 heteroatoms.